The van der Waals surface area contributed by atoms with E-state index in [0.29, 0.717) is 17.8 Å². The molecule has 2 aromatic carbocycles. The molecule has 0 bridgehead atoms. The molecule has 0 radical (unpaired) electrons. The molecule has 230 valence electrons. The molecule has 1 fully saturated rings. The maximum Gasteiger partial charge on any atom is 0.416 e. The van der Waals surface area contributed by atoms with Crippen LogP contribution in [0.1, 0.15) is 45.9 Å². The van der Waals surface area contributed by atoms with E-state index in [1.807, 2.05) is 12.1 Å². The molecule has 1 atom stereocenters. The number of nitrogens with two attached hydrogens (primary N) is 1. The lowest BCUT2D eigenvalue weighted by Gasteiger charge is -2.35. The minimum absolute atomic E-state index is 0.0405. The normalized spacial score (nSPS) is 17.6. The molecule has 0 spiro atoms. The molecular formula is C29H32ClF3N6O3S. The summed E-state index contributed by atoms with van der Waals surface area (Å²) in [6.45, 7) is 1.81. The van der Waals surface area contributed by atoms with E-state index in [4.69, 9.17) is 17.3 Å². The molecule has 1 saturated heterocycles. The second-order valence-corrected chi connectivity index (χ2v) is 12.8. The molecule has 43 heavy (non-hydrogen) atoms. The van der Waals surface area contributed by atoms with E-state index in [9.17, 15) is 26.4 Å². The van der Waals surface area contributed by atoms with Gasteiger partial charge in [-0.25, -0.2) is 13.4 Å². The molecule has 4 N–H and O–H groups in total. The average molecular weight is 637 g/mol. The Balaban J connectivity index is 1.20. The van der Waals surface area contributed by atoms with Crippen molar-refractivity contribution in [3.05, 3.63) is 82.0 Å². The van der Waals surface area contributed by atoms with Crippen LogP contribution in [-0.2, 0) is 22.6 Å². The molecule has 14 heteroatoms. The van der Waals surface area contributed by atoms with Gasteiger partial charge in [-0.15, -0.1) is 0 Å². The lowest BCUT2D eigenvalue weighted by molar-refractivity contribution is -0.137. The van der Waals surface area contributed by atoms with E-state index in [1.54, 1.807) is 11.0 Å². The largest absolute Gasteiger partial charge is 0.416 e. The van der Waals surface area contributed by atoms with Gasteiger partial charge in [0.2, 0.25) is 10.0 Å². The summed E-state index contributed by atoms with van der Waals surface area (Å²) >= 11 is 5.81. The number of amides is 1. The number of benzene rings is 2. The lowest BCUT2D eigenvalue weighted by Crippen LogP contribution is -2.49. The van der Waals surface area contributed by atoms with Crippen molar-refractivity contribution in [2.24, 2.45) is 5.73 Å². The number of piperazine rings is 1. The van der Waals surface area contributed by atoms with Crippen LogP contribution in [0.2, 0.25) is 5.15 Å². The maximum atomic E-state index is 13.3. The van der Waals surface area contributed by atoms with Crippen molar-refractivity contribution >= 4 is 39.0 Å². The molecule has 3 aromatic rings. The standard InChI is InChI=1S/C29H32ClF3N6O3S/c30-26-17-21(29(31,32)33)18-27(37-26)38-12-14-39(15-13-38)43(41,42)23-7-5-22(6-8-23)36-28(40)20-3-2-19-4-9-25(24(19)16-20)35-11-1-10-34/h2-3,5-8,16-18,25,35H,1,4,9-15,34H2,(H,36,40). The number of halogens is 4. The monoisotopic (exact) mass is 636 g/mol. The van der Waals surface area contributed by atoms with Crippen LogP contribution in [0.4, 0.5) is 24.7 Å². The Morgan fingerprint density at radius 2 is 1.77 bits per heavy atom. The fourth-order valence-corrected chi connectivity index (χ4v) is 6.99. The quantitative estimate of drug-likeness (QED) is 0.235. The fourth-order valence-electron chi connectivity index (χ4n) is 5.36. The number of anilines is 2. The number of fused-ring (bicyclic) bond motifs is 1. The van der Waals surface area contributed by atoms with Crippen LogP contribution in [0.15, 0.2) is 59.5 Å². The van der Waals surface area contributed by atoms with E-state index in [2.05, 4.69) is 15.6 Å². The Labute approximate surface area is 253 Å². The van der Waals surface area contributed by atoms with Crippen LogP contribution in [0, 0.1) is 0 Å². The number of aryl methyl sites for hydroxylation is 1. The van der Waals surface area contributed by atoms with E-state index >= 15 is 0 Å². The lowest BCUT2D eigenvalue weighted by atomic mass is 10.0. The minimum atomic E-state index is -4.58. The van der Waals surface area contributed by atoms with Gasteiger partial charge >= 0.3 is 6.18 Å². The first-order valence-corrected chi connectivity index (χ1v) is 15.7. The van der Waals surface area contributed by atoms with Crippen LogP contribution in [0.5, 0.6) is 0 Å². The van der Waals surface area contributed by atoms with Gasteiger partial charge in [-0.3, -0.25) is 4.79 Å². The Bertz CT molecular complexity index is 1580. The number of pyridine rings is 1. The predicted molar refractivity (Wildman–Crippen MR) is 159 cm³/mol. The first-order chi connectivity index (χ1) is 20.5. The second-order valence-electron chi connectivity index (χ2n) is 10.5. The van der Waals surface area contributed by atoms with Gasteiger partial charge in [0.25, 0.3) is 5.91 Å². The van der Waals surface area contributed by atoms with Crippen LogP contribution in [0.3, 0.4) is 0 Å². The molecule has 1 unspecified atom stereocenters. The van der Waals surface area contributed by atoms with E-state index in [-0.39, 0.29) is 54.0 Å². The summed E-state index contributed by atoms with van der Waals surface area (Å²) in [6.07, 6.45) is -1.80. The Morgan fingerprint density at radius 1 is 1.05 bits per heavy atom. The smallest absolute Gasteiger partial charge is 0.354 e. The minimum Gasteiger partial charge on any atom is -0.354 e. The fraction of sp³-hybridized carbons (Fsp3) is 0.379. The molecule has 1 aliphatic carbocycles. The van der Waals surface area contributed by atoms with E-state index < -0.39 is 21.8 Å². The number of carbonyl (C=O) groups is 1. The number of carbonyl (C=O) groups excluding carboxylic acids is 1. The van der Waals surface area contributed by atoms with Crippen LogP contribution in [0.25, 0.3) is 0 Å². The zero-order valence-electron chi connectivity index (χ0n) is 23.2. The van der Waals surface area contributed by atoms with Gasteiger partial charge in [-0.2, -0.15) is 17.5 Å². The summed E-state index contributed by atoms with van der Waals surface area (Å²) in [5, 5.41) is 6.04. The summed E-state index contributed by atoms with van der Waals surface area (Å²) in [5.74, 6) is -0.260. The molecule has 5 rings (SSSR count). The maximum absolute atomic E-state index is 13.3. The third-order valence-corrected chi connectivity index (χ3v) is 9.78. The van der Waals surface area contributed by atoms with Crippen LogP contribution in [-0.4, -0.2) is 62.9 Å². The number of rotatable bonds is 9. The molecule has 1 aliphatic heterocycles. The zero-order chi connectivity index (χ0) is 30.8. The van der Waals surface area contributed by atoms with Crippen molar-refractivity contribution < 1.29 is 26.4 Å². The SMILES string of the molecule is NCCCNC1CCc2ccc(C(=O)Nc3ccc(S(=O)(=O)N4CCN(c5cc(C(F)(F)F)cc(Cl)n5)CC4)cc3)cc21. The van der Waals surface area contributed by atoms with Crippen LogP contribution < -0.4 is 21.3 Å². The first kappa shape index (κ1) is 31.2. The molecule has 1 amide bonds. The van der Waals surface area contributed by atoms with Crippen molar-refractivity contribution in [3.8, 4) is 0 Å². The summed E-state index contributed by atoms with van der Waals surface area (Å²) < 4.78 is 67.4. The van der Waals surface area contributed by atoms with Gasteiger partial charge in [0.1, 0.15) is 11.0 Å². The third-order valence-electron chi connectivity index (χ3n) is 7.68. The Kier molecular flexibility index (Phi) is 9.28. The Hall–Kier alpha value is -3.23. The highest BCUT2D eigenvalue weighted by Crippen LogP contribution is 2.34. The second kappa shape index (κ2) is 12.8. The number of hydrogen-bond donors (Lipinski definition) is 3. The highest BCUT2D eigenvalue weighted by Gasteiger charge is 2.34. The molecule has 9 nitrogen and oxygen atoms in total. The number of sulfonamides is 1. The summed E-state index contributed by atoms with van der Waals surface area (Å²) in [4.78, 5) is 18.6. The van der Waals surface area contributed by atoms with Gasteiger partial charge in [0.15, 0.2) is 0 Å². The molecule has 0 saturated carbocycles. The highest BCUT2D eigenvalue weighted by molar-refractivity contribution is 7.89. The summed E-state index contributed by atoms with van der Waals surface area (Å²) in [7, 11) is -3.87. The highest BCUT2D eigenvalue weighted by atomic mass is 35.5. The first-order valence-electron chi connectivity index (χ1n) is 13.9. The van der Waals surface area contributed by atoms with Gasteiger partial charge in [0.05, 0.1) is 10.5 Å². The summed E-state index contributed by atoms with van der Waals surface area (Å²) in [5.41, 5.74) is 7.96. The van der Waals surface area contributed by atoms with Gasteiger partial charge in [0, 0.05) is 43.5 Å². The van der Waals surface area contributed by atoms with Gasteiger partial charge in [-0.05, 0) is 92.0 Å². The average Bonchev–Trinajstić information content (AvgIpc) is 3.39. The van der Waals surface area contributed by atoms with Crippen molar-refractivity contribution in [2.45, 2.75) is 36.4 Å². The molecule has 1 aromatic heterocycles. The van der Waals surface area contributed by atoms with Crippen molar-refractivity contribution in [2.75, 3.05) is 49.5 Å². The number of nitrogens with one attached hydrogen (secondary N) is 2. The predicted octanol–water partition coefficient (Wildman–Crippen LogP) is 4.44. The zero-order valence-corrected chi connectivity index (χ0v) is 24.8. The van der Waals surface area contributed by atoms with Crippen molar-refractivity contribution in [3.63, 3.8) is 0 Å². The van der Waals surface area contributed by atoms with Gasteiger partial charge in [-0.1, -0.05) is 17.7 Å². The molecular weight excluding hydrogens is 605 g/mol. The van der Waals surface area contributed by atoms with Crippen molar-refractivity contribution in [1.29, 1.82) is 0 Å². The van der Waals surface area contributed by atoms with Crippen molar-refractivity contribution in [1.82, 2.24) is 14.6 Å². The number of aromatic nitrogens is 1. The van der Waals surface area contributed by atoms with E-state index in [1.165, 1.54) is 34.1 Å². The third kappa shape index (κ3) is 7.13. The number of nitrogens with zero attached hydrogens (tertiary/aromatic N) is 3. The molecule has 2 heterocycles. The van der Waals surface area contributed by atoms with Gasteiger partial charge < -0.3 is 21.3 Å². The number of alkyl halides is 3. The van der Waals surface area contributed by atoms with E-state index in [0.717, 1.165) is 43.5 Å². The Morgan fingerprint density at radius 3 is 2.44 bits per heavy atom. The number of hydrogen-bond acceptors (Lipinski definition) is 7. The summed E-state index contributed by atoms with van der Waals surface area (Å²) in [6, 6.07) is 13.4. The van der Waals surface area contributed by atoms with Crippen LogP contribution >= 0.6 is 11.6 Å². The molecule has 2 aliphatic rings. The topological polar surface area (TPSA) is 121 Å².